The number of Topliss-reactive ketones (excluding diaryl/α,β-unsaturated/α-hetero) is 1. The van der Waals surface area contributed by atoms with E-state index in [1.54, 1.807) is 0 Å². The molecule has 0 spiro atoms. The van der Waals surface area contributed by atoms with E-state index < -0.39 is 47.3 Å². The lowest BCUT2D eigenvalue weighted by Gasteiger charge is -2.23. The van der Waals surface area contributed by atoms with Crippen molar-refractivity contribution in [2.45, 2.75) is 44.2 Å². The molecule has 2 aliphatic rings. The number of amides is 4. The molecule has 2 fully saturated rings. The Morgan fingerprint density at radius 1 is 1.15 bits per heavy atom. The Morgan fingerprint density at radius 3 is 2.47 bits per heavy atom. The summed E-state index contributed by atoms with van der Waals surface area (Å²) < 4.78 is 13.9. The van der Waals surface area contributed by atoms with E-state index in [1.807, 2.05) is 0 Å². The van der Waals surface area contributed by atoms with Gasteiger partial charge in [-0.05, 0) is 43.4 Å². The number of hydrogen-bond acceptors (Lipinski definition) is 5. The van der Waals surface area contributed by atoms with Crippen LogP contribution in [-0.2, 0) is 24.0 Å². The first-order valence-electron chi connectivity index (χ1n) is 11.0. The third kappa shape index (κ3) is 7.11. The molecule has 0 aromatic heterocycles. The molecule has 1 saturated carbocycles. The first kappa shape index (κ1) is 25.4. The largest absolute Gasteiger partial charge is 0.363 e. The topological polar surface area (TPSA) is 147 Å². The Bertz CT molecular complexity index is 1030. The zero-order valence-electron chi connectivity index (χ0n) is 18.3. The number of rotatable bonds is 11. The van der Waals surface area contributed by atoms with Crippen LogP contribution in [0.3, 0.4) is 0 Å². The van der Waals surface area contributed by atoms with Crippen molar-refractivity contribution < 1.29 is 28.4 Å². The van der Waals surface area contributed by atoms with E-state index in [2.05, 4.69) is 16.0 Å². The van der Waals surface area contributed by atoms with E-state index >= 15 is 0 Å². The molecule has 1 heterocycles. The summed E-state index contributed by atoms with van der Waals surface area (Å²) in [4.78, 5) is 61.1. The summed E-state index contributed by atoms with van der Waals surface area (Å²) in [5.41, 5.74) is 5.27. The predicted molar refractivity (Wildman–Crippen MR) is 122 cm³/mol. The highest BCUT2D eigenvalue weighted by Gasteiger charge is 2.36. The lowest BCUT2D eigenvalue weighted by molar-refractivity contribution is -0.139. The molecule has 5 N–H and O–H groups in total. The van der Waals surface area contributed by atoms with Gasteiger partial charge in [-0.2, -0.15) is 0 Å². The molecule has 3 rings (SSSR count). The van der Waals surface area contributed by atoms with E-state index in [-0.39, 0.29) is 28.8 Å². The first-order valence-corrected chi connectivity index (χ1v) is 11.4. The Hall–Kier alpha value is -3.27. The lowest BCUT2D eigenvalue weighted by Crippen LogP contribution is -2.54. The van der Waals surface area contributed by atoms with Crippen LogP contribution in [0.1, 0.15) is 37.7 Å². The fourth-order valence-electron chi connectivity index (χ4n) is 3.77. The number of nitrogens with two attached hydrogens (primary N) is 1. The SMILES string of the molecule is NC(=O)C(=O)C(CC1CCNC1=O)NC(=O)C(CC1CC1)NC(=O)/C=C/c1ccc(Cl)cc1F. The van der Waals surface area contributed by atoms with Gasteiger partial charge < -0.3 is 21.7 Å². The van der Waals surface area contributed by atoms with Crippen LogP contribution in [0.5, 0.6) is 0 Å². The van der Waals surface area contributed by atoms with Gasteiger partial charge in [-0.25, -0.2) is 4.39 Å². The van der Waals surface area contributed by atoms with Crippen molar-refractivity contribution in [3.05, 3.63) is 40.7 Å². The van der Waals surface area contributed by atoms with Gasteiger partial charge in [-0.15, -0.1) is 0 Å². The summed E-state index contributed by atoms with van der Waals surface area (Å²) in [6, 6.07) is 1.74. The maximum atomic E-state index is 13.9. The number of carbonyl (C=O) groups is 5. The van der Waals surface area contributed by atoms with E-state index in [1.165, 1.54) is 18.2 Å². The van der Waals surface area contributed by atoms with Crippen molar-refractivity contribution in [2.75, 3.05) is 6.54 Å². The summed E-state index contributed by atoms with van der Waals surface area (Å²) in [7, 11) is 0. The van der Waals surface area contributed by atoms with Crippen molar-refractivity contribution in [1.82, 2.24) is 16.0 Å². The molecule has 9 nitrogen and oxygen atoms in total. The smallest absolute Gasteiger partial charge is 0.287 e. The molecule has 182 valence electrons. The molecule has 1 aromatic rings. The van der Waals surface area contributed by atoms with Crippen molar-refractivity contribution >= 4 is 47.1 Å². The quantitative estimate of drug-likeness (QED) is 0.267. The Kier molecular flexibility index (Phi) is 8.38. The van der Waals surface area contributed by atoms with Crippen LogP contribution >= 0.6 is 11.6 Å². The molecule has 11 heteroatoms. The minimum absolute atomic E-state index is 0.0702. The predicted octanol–water partition coefficient (Wildman–Crippen LogP) is 0.843. The highest BCUT2D eigenvalue weighted by molar-refractivity contribution is 6.38. The van der Waals surface area contributed by atoms with E-state index in [9.17, 15) is 28.4 Å². The molecule has 1 aliphatic heterocycles. The van der Waals surface area contributed by atoms with Gasteiger partial charge in [0, 0.05) is 29.1 Å². The van der Waals surface area contributed by atoms with Crippen LogP contribution in [0.4, 0.5) is 4.39 Å². The minimum atomic E-state index is -1.28. The Balaban J connectivity index is 1.68. The maximum absolute atomic E-state index is 13.9. The molecule has 1 saturated heterocycles. The van der Waals surface area contributed by atoms with Crippen LogP contribution in [0.15, 0.2) is 24.3 Å². The number of ketones is 1. The van der Waals surface area contributed by atoms with Gasteiger partial charge in [0.2, 0.25) is 23.5 Å². The van der Waals surface area contributed by atoms with E-state index in [0.717, 1.165) is 25.0 Å². The third-order valence-electron chi connectivity index (χ3n) is 5.83. The molecule has 0 radical (unpaired) electrons. The summed E-state index contributed by atoms with van der Waals surface area (Å²) >= 11 is 5.72. The van der Waals surface area contributed by atoms with E-state index in [0.29, 0.717) is 19.4 Å². The second-order valence-electron chi connectivity index (χ2n) is 8.54. The number of halogens is 2. The minimum Gasteiger partial charge on any atom is -0.363 e. The summed E-state index contributed by atoms with van der Waals surface area (Å²) in [6.07, 6.45) is 4.88. The molecule has 0 bridgehead atoms. The number of benzene rings is 1. The van der Waals surface area contributed by atoms with Gasteiger partial charge in [0.25, 0.3) is 5.91 Å². The van der Waals surface area contributed by atoms with Crippen LogP contribution < -0.4 is 21.7 Å². The number of hydrogen-bond donors (Lipinski definition) is 4. The van der Waals surface area contributed by atoms with Crippen LogP contribution in [0.25, 0.3) is 6.08 Å². The molecule has 3 unspecified atom stereocenters. The normalized spacial score (nSPS) is 19.4. The average molecular weight is 493 g/mol. The van der Waals surface area contributed by atoms with Gasteiger partial charge in [0.05, 0.1) is 6.04 Å². The van der Waals surface area contributed by atoms with Crippen LogP contribution in [0.2, 0.25) is 5.02 Å². The fourth-order valence-corrected chi connectivity index (χ4v) is 3.93. The second-order valence-corrected chi connectivity index (χ2v) is 8.98. The van der Waals surface area contributed by atoms with Crippen molar-refractivity contribution in [1.29, 1.82) is 0 Å². The van der Waals surface area contributed by atoms with Gasteiger partial charge in [0.1, 0.15) is 11.9 Å². The molecular weight excluding hydrogens is 467 g/mol. The lowest BCUT2D eigenvalue weighted by atomic mass is 9.95. The summed E-state index contributed by atoms with van der Waals surface area (Å²) in [5, 5.41) is 7.92. The molecule has 34 heavy (non-hydrogen) atoms. The Labute approximate surface area is 200 Å². The highest BCUT2D eigenvalue weighted by atomic mass is 35.5. The average Bonchev–Trinajstić information content (AvgIpc) is 3.51. The van der Waals surface area contributed by atoms with Crippen LogP contribution in [-0.4, -0.2) is 48.0 Å². The Morgan fingerprint density at radius 2 is 1.88 bits per heavy atom. The molecule has 4 amide bonds. The maximum Gasteiger partial charge on any atom is 0.287 e. The monoisotopic (exact) mass is 492 g/mol. The molecule has 3 atom stereocenters. The zero-order chi connectivity index (χ0) is 24.8. The molecule has 1 aliphatic carbocycles. The second kappa shape index (κ2) is 11.2. The van der Waals surface area contributed by atoms with Gasteiger partial charge >= 0.3 is 0 Å². The fraction of sp³-hybridized carbons (Fsp3) is 0.435. The van der Waals surface area contributed by atoms with Crippen molar-refractivity contribution in [2.24, 2.45) is 17.6 Å². The zero-order valence-corrected chi connectivity index (χ0v) is 19.1. The summed E-state index contributed by atoms with van der Waals surface area (Å²) in [6.45, 7) is 0.440. The molecule has 1 aromatic carbocycles. The highest BCUT2D eigenvalue weighted by Crippen LogP contribution is 2.33. The van der Waals surface area contributed by atoms with E-state index in [4.69, 9.17) is 17.3 Å². The summed E-state index contributed by atoms with van der Waals surface area (Å²) in [5.74, 6) is -4.71. The van der Waals surface area contributed by atoms with Gasteiger partial charge in [0.15, 0.2) is 0 Å². The number of carbonyl (C=O) groups excluding carboxylic acids is 5. The molecular formula is C23H26ClFN4O5. The van der Waals surface area contributed by atoms with Crippen molar-refractivity contribution in [3.63, 3.8) is 0 Å². The number of primary amides is 1. The van der Waals surface area contributed by atoms with Crippen LogP contribution in [0, 0.1) is 17.7 Å². The first-order chi connectivity index (χ1) is 16.1. The standard InChI is InChI=1S/C23H26ClFN4O5/c24-15-5-3-13(16(25)11-15)4-6-19(30)28-18(9-12-1-2-12)23(34)29-17(20(31)21(26)32)10-14-7-8-27-22(14)33/h3-6,11-12,14,17-18H,1-2,7-10H2,(H2,26,32)(H,27,33)(H,28,30)(H,29,34)/b6-4+. The third-order valence-corrected chi connectivity index (χ3v) is 6.07. The number of nitrogens with one attached hydrogen (secondary N) is 3. The van der Waals surface area contributed by atoms with Gasteiger partial charge in [-0.1, -0.05) is 30.5 Å². The van der Waals surface area contributed by atoms with Gasteiger partial charge in [-0.3, -0.25) is 24.0 Å². The van der Waals surface area contributed by atoms with Crippen molar-refractivity contribution in [3.8, 4) is 0 Å².